The number of hydrogen-bond donors (Lipinski definition) is 2. The summed E-state index contributed by atoms with van der Waals surface area (Å²) in [4.78, 5) is 12.6. The Labute approximate surface area is 151 Å². The molecule has 25 heavy (non-hydrogen) atoms. The summed E-state index contributed by atoms with van der Waals surface area (Å²) in [6.07, 6.45) is 3.15. The topological polar surface area (TPSA) is 86.0 Å². The van der Waals surface area contributed by atoms with Crippen molar-refractivity contribution in [1.82, 2.24) is 15.0 Å². The number of benzene rings is 1. The molecule has 128 valence electrons. The Balaban J connectivity index is 1.87. The van der Waals surface area contributed by atoms with Crippen molar-refractivity contribution in [3.8, 4) is 11.6 Å². The van der Waals surface area contributed by atoms with Crippen LogP contribution in [0.15, 0.2) is 36.8 Å². The molecule has 0 amide bonds. The highest BCUT2D eigenvalue weighted by atomic mass is 35.5. The van der Waals surface area contributed by atoms with Gasteiger partial charge in [0.2, 0.25) is 5.88 Å². The number of halogens is 1. The van der Waals surface area contributed by atoms with Crippen LogP contribution in [0, 0.1) is 20.8 Å². The lowest BCUT2D eigenvalue weighted by molar-refractivity contribution is 0.464. The highest BCUT2D eigenvalue weighted by Crippen LogP contribution is 2.33. The number of nitrogens with two attached hydrogens (primary N) is 1. The average molecular weight is 356 g/mol. The second kappa shape index (κ2) is 6.94. The summed E-state index contributed by atoms with van der Waals surface area (Å²) in [6, 6.07) is 7.48. The molecule has 3 N–H and O–H groups in total. The Morgan fingerprint density at radius 1 is 1.04 bits per heavy atom. The molecule has 0 unspecified atom stereocenters. The summed E-state index contributed by atoms with van der Waals surface area (Å²) in [5, 5.41) is 3.79. The number of pyridine rings is 1. The van der Waals surface area contributed by atoms with E-state index in [1.165, 1.54) is 6.33 Å². The van der Waals surface area contributed by atoms with Crippen molar-refractivity contribution in [2.24, 2.45) is 0 Å². The quantitative estimate of drug-likeness (QED) is 0.713. The van der Waals surface area contributed by atoms with Crippen molar-refractivity contribution in [3.05, 3.63) is 58.5 Å². The van der Waals surface area contributed by atoms with Gasteiger partial charge in [-0.2, -0.15) is 4.98 Å². The SMILES string of the molecule is Cc1ccc(Nc2ncnc(Oc3cc(C)c(Cl)c(C)c3)c2N)nc1. The summed E-state index contributed by atoms with van der Waals surface area (Å²) in [5.74, 6) is 1.96. The predicted octanol–water partition coefficient (Wildman–Crippen LogP) is 4.57. The molecule has 0 aliphatic carbocycles. The first-order chi connectivity index (χ1) is 11.9. The van der Waals surface area contributed by atoms with Crippen molar-refractivity contribution < 1.29 is 4.74 Å². The van der Waals surface area contributed by atoms with E-state index >= 15 is 0 Å². The molecule has 0 bridgehead atoms. The third-order valence-electron chi connectivity index (χ3n) is 3.63. The molecule has 0 saturated carbocycles. The minimum absolute atomic E-state index is 0.269. The normalized spacial score (nSPS) is 10.6. The highest BCUT2D eigenvalue weighted by Gasteiger charge is 2.12. The van der Waals surface area contributed by atoms with Crippen molar-refractivity contribution in [2.75, 3.05) is 11.1 Å². The van der Waals surface area contributed by atoms with E-state index in [0.717, 1.165) is 21.7 Å². The lowest BCUT2D eigenvalue weighted by Crippen LogP contribution is -2.04. The molecule has 7 heteroatoms. The van der Waals surface area contributed by atoms with Gasteiger partial charge in [0, 0.05) is 11.2 Å². The molecule has 1 aromatic carbocycles. The number of nitrogens with one attached hydrogen (secondary N) is 1. The monoisotopic (exact) mass is 355 g/mol. The van der Waals surface area contributed by atoms with E-state index in [0.29, 0.717) is 23.1 Å². The molecule has 0 radical (unpaired) electrons. The molecule has 0 fully saturated rings. The largest absolute Gasteiger partial charge is 0.437 e. The first-order valence-electron chi connectivity index (χ1n) is 7.69. The standard InChI is InChI=1S/C18H18ClN5O/c1-10-4-5-14(21-8-10)24-17-16(20)18(23-9-22-17)25-13-6-11(2)15(19)12(3)7-13/h4-9H,20H2,1-3H3,(H,21,22,23,24). The lowest BCUT2D eigenvalue weighted by atomic mass is 10.1. The van der Waals surface area contributed by atoms with Crippen LogP contribution in [-0.4, -0.2) is 15.0 Å². The van der Waals surface area contributed by atoms with E-state index in [4.69, 9.17) is 22.1 Å². The third-order valence-corrected chi connectivity index (χ3v) is 4.23. The van der Waals surface area contributed by atoms with Crippen LogP contribution in [0.3, 0.4) is 0 Å². The van der Waals surface area contributed by atoms with Crippen molar-refractivity contribution in [3.63, 3.8) is 0 Å². The summed E-state index contributed by atoms with van der Waals surface area (Å²) in [5.41, 5.74) is 9.36. The number of aryl methyl sites for hydroxylation is 3. The van der Waals surface area contributed by atoms with Crippen LogP contribution in [0.25, 0.3) is 0 Å². The summed E-state index contributed by atoms with van der Waals surface area (Å²) >= 11 is 6.19. The fourth-order valence-corrected chi connectivity index (χ4v) is 2.41. The van der Waals surface area contributed by atoms with Crippen LogP contribution >= 0.6 is 11.6 Å². The van der Waals surface area contributed by atoms with Crippen LogP contribution in [-0.2, 0) is 0 Å². The Morgan fingerprint density at radius 3 is 2.40 bits per heavy atom. The van der Waals surface area contributed by atoms with E-state index in [1.54, 1.807) is 6.20 Å². The maximum Gasteiger partial charge on any atom is 0.248 e. The van der Waals surface area contributed by atoms with Gasteiger partial charge < -0.3 is 15.8 Å². The first kappa shape index (κ1) is 17.0. The molecule has 0 aliphatic heterocycles. The highest BCUT2D eigenvalue weighted by molar-refractivity contribution is 6.32. The van der Waals surface area contributed by atoms with E-state index in [2.05, 4.69) is 20.3 Å². The molecule has 2 aromatic heterocycles. The third kappa shape index (κ3) is 3.80. The zero-order chi connectivity index (χ0) is 18.0. The van der Waals surface area contributed by atoms with E-state index in [9.17, 15) is 0 Å². The fraction of sp³-hybridized carbons (Fsp3) is 0.167. The average Bonchev–Trinajstić information content (AvgIpc) is 2.58. The zero-order valence-electron chi connectivity index (χ0n) is 14.2. The van der Waals surface area contributed by atoms with Crippen molar-refractivity contribution >= 4 is 28.9 Å². The summed E-state index contributed by atoms with van der Waals surface area (Å²) in [6.45, 7) is 5.81. The lowest BCUT2D eigenvalue weighted by Gasteiger charge is -2.13. The minimum atomic E-state index is 0.269. The Kier molecular flexibility index (Phi) is 4.72. The van der Waals surface area contributed by atoms with E-state index in [1.807, 2.05) is 45.0 Å². The number of anilines is 3. The molecule has 6 nitrogen and oxygen atoms in total. The Hall–Kier alpha value is -2.86. The Morgan fingerprint density at radius 2 is 1.76 bits per heavy atom. The van der Waals surface area contributed by atoms with Gasteiger partial charge in [-0.3, -0.25) is 0 Å². The van der Waals surface area contributed by atoms with E-state index < -0.39 is 0 Å². The molecule has 2 heterocycles. The fourth-order valence-electron chi connectivity index (χ4n) is 2.30. The van der Waals surface area contributed by atoms with Crippen molar-refractivity contribution in [1.29, 1.82) is 0 Å². The number of ether oxygens (including phenoxy) is 1. The van der Waals surface area contributed by atoms with Crippen LogP contribution < -0.4 is 15.8 Å². The molecule has 0 saturated heterocycles. The maximum atomic E-state index is 6.19. The molecule has 3 rings (SSSR count). The molecule has 0 atom stereocenters. The van der Waals surface area contributed by atoms with Gasteiger partial charge in [0.1, 0.15) is 23.6 Å². The van der Waals surface area contributed by atoms with Gasteiger partial charge in [0.05, 0.1) is 0 Å². The van der Waals surface area contributed by atoms with Gasteiger partial charge in [-0.05, 0) is 55.7 Å². The zero-order valence-corrected chi connectivity index (χ0v) is 14.9. The maximum absolute atomic E-state index is 6.19. The molecule has 0 spiro atoms. The van der Waals surface area contributed by atoms with Crippen LogP contribution in [0.2, 0.25) is 5.02 Å². The van der Waals surface area contributed by atoms with Gasteiger partial charge >= 0.3 is 0 Å². The number of hydrogen-bond acceptors (Lipinski definition) is 6. The second-order valence-electron chi connectivity index (χ2n) is 5.76. The van der Waals surface area contributed by atoms with Crippen LogP contribution in [0.1, 0.15) is 16.7 Å². The van der Waals surface area contributed by atoms with Crippen LogP contribution in [0.5, 0.6) is 11.6 Å². The van der Waals surface area contributed by atoms with Gasteiger partial charge in [-0.1, -0.05) is 17.7 Å². The molecular formula is C18H18ClN5O. The second-order valence-corrected chi connectivity index (χ2v) is 6.14. The summed E-state index contributed by atoms with van der Waals surface area (Å²) < 4.78 is 5.83. The van der Waals surface area contributed by atoms with Gasteiger partial charge in [-0.15, -0.1) is 0 Å². The van der Waals surface area contributed by atoms with Crippen molar-refractivity contribution in [2.45, 2.75) is 20.8 Å². The smallest absolute Gasteiger partial charge is 0.248 e. The first-order valence-corrected chi connectivity index (χ1v) is 8.06. The Bertz CT molecular complexity index is 889. The number of aromatic nitrogens is 3. The van der Waals surface area contributed by atoms with Crippen LogP contribution in [0.4, 0.5) is 17.3 Å². The van der Waals surface area contributed by atoms with Gasteiger partial charge in [0.25, 0.3) is 0 Å². The van der Waals surface area contributed by atoms with E-state index in [-0.39, 0.29) is 5.88 Å². The number of rotatable bonds is 4. The number of nitrogens with zero attached hydrogens (tertiary/aromatic N) is 3. The minimum Gasteiger partial charge on any atom is -0.437 e. The molecular weight excluding hydrogens is 338 g/mol. The molecule has 3 aromatic rings. The summed E-state index contributed by atoms with van der Waals surface area (Å²) in [7, 11) is 0. The van der Waals surface area contributed by atoms with Gasteiger partial charge in [-0.25, -0.2) is 9.97 Å². The predicted molar refractivity (Wildman–Crippen MR) is 99.7 cm³/mol. The molecule has 0 aliphatic rings. The number of nitrogen functional groups attached to an aromatic ring is 1. The van der Waals surface area contributed by atoms with Gasteiger partial charge in [0.15, 0.2) is 5.82 Å².